The molecule has 19 heavy (non-hydrogen) atoms. The molecule has 0 spiro atoms. The third-order valence-corrected chi connectivity index (χ3v) is 3.00. The van der Waals surface area contributed by atoms with Crippen molar-refractivity contribution in [3.8, 4) is 11.5 Å². The summed E-state index contributed by atoms with van der Waals surface area (Å²) in [5.41, 5.74) is 7.91. The van der Waals surface area contributed by atoms with Crippen molar-refractivity contribution < 1.29 is 9.47 Å². The van der Waals surface area contributed by atoms with Crippen molar-refractivity contribution in [2.75, 3.05) is 7.11 Å². The number of hydrogen-bond acceptors (Lipinski definition) is 4. The maximum Gasteiger partial charge on any atom is 0.130 e. The molecule has 2 rings (SSSR count). The van der Waals surface area contributed by atoms with Gasteiger partial charge in [0.25, 0.3) is 0 Å². The van der Waals surface area contributed by atoms with Gasteiger partial charge in [-0.15, -0.1) is 0 Å². The van der Waals surface area contributed by atoms with E-state index in [-0.39, 0.29) is 6.04 Å². The molecule has 0 bridgehead atoms. The quantitative estimate of drug-likeness (QED) is 0.894. The normalized spacial score (nSPS) is 12.2. The second-order valence-corrected chi connectivity index (χ2v) is 4.48. The third-order valence-electron chi connectivity index (χ3n) is 3.00. The molecular weight excluding hydrogens is 242 g/mol. The molecule has 0 fully saturated rings. The van der Waals surface area contributed by atoms with Gasteiger partial charge in [0, 0.05) is 24.7 Å². The highest BCUT2D eigenvalue weighted by Crippen LogP contribution is 2.29. The van der Waals surface area contributed by atoms with E-state index >= 15 is 0 Å². The van der Waals surface area contributed by atoms with Gasteiger partial charge in [0.15, 0.2) is 0 Å². The molecule has 0 aliphatic heterocycles. The molecule has 1 aromatic carbocycles. The Morgan fingerprint density at radius 1 is 1.42 bits per heavy atom. The van der Waals surface area contributed by atoms with E-state index in [2.05, 4.69) is 4.98 Å². The van der Waals surface area contributed by atoms with Gasteiger partial charge in [-0.3, -0.25) is 0 Å². The monoisotopic (exact) mass is 261 g/mol. The van der Waals surface area contributed by atoms with Crippen LogP contribution in [0.5, 0.6) is 11.5 Å². The fraction of sp³-hybridized carbons (Fsp3) is 0.357. The molecule has 1 aromatic heterocycles. The second-order valence-electron chi connectivity index (χ2n) is 4.48. The molecule has 0 radical (unpaired) electrons. The topological polar surface area (TPSA) is 62.3 Å². The fourth-order valence-corrected chi connectivity index (χ4v) is 1.82. The number of benzene rings is 1. The van der Waals surface area contributed by atoms with Gasteiger partial charge < -0.3 is 19.8 Å². The van der Waals surface area contributed by atoms with Gasteiger partial charge in [-0.05, 0) is 13.0 Å². The van der Waals surface area contributed by atoms with Crippen LogP contribution in [0.15, 0.2) is 30.7 Å². The number of nitrogens with two attached hydrogens (primary N) is 1. The van der Waals surface area contributed by atoms with Gasteiger partial charge in [-0.25, -0.2) is 4.98 Å². The Hall–Kier alpha value is -2.01. The first-order valence-corrected chi connectivity index (χ1v) is 6.13. The first kappa shape index (κ1) is 13.4. The van der Waals surface area contributed by atoms with Crippen molar-refractivity contribution >= 4 is 0 Å². The number of ether oxygens (including phenoxy) is 2. The number of methoxy groups -OCH3 is 1. The van der Waals surface area contributed by atoms with Crippen molar-refractivity contribution in [3.05, 3.63) is 42.0 Å². The average Bonchev–Trinajstić information content (AvgIpc) is 2.81. The van der Waals surface area contributed by atoms with Gasteiger partial charge in [-0.1, -0.05) is 6.07 Å². The number of rotatable bonds is 5. The summed E-state index contributed by atoms with van der Waals surface area (Å²) in [5.74, 6) is 1.50. The molecule has 1 unspecified atom stereocenters. The maximum absolute atomic E-state index is 5.95. The number of imidazole rings is 1. The van der Waals surface area contributed by atoms with Crippen molar-refractivity contribution in [2.45, 2.75) is 19.6 Å². The van der Waals surface area contributed by atoms with E-state index in [9.17, 15) is 0 Å². The second kappa shape index (κ2) is 5.75. The molecule has 102 valence electrons. The smallest absolute Gasteiger partial charge is 0.130 e. The van der Waals surface area contributed by atoms with E-state index < -0.39 is 0 Å². The van der Waals surface area contributed by atoms with Gasteiger partial charge in [0.05, 0.1) is 25.3 Å². The van der Waals surface area contributed by atoms with Crippen molar-refractivity contribution in [3.63, 3.8) is 0 Å². The Kier molecular flexibility index (Phi) is 4.06. The molecule has 1 atom stereocenters. The highest BCUT2D eigenvalue weighted by molar-refractivity contribution is 5.42. The summed E-state index contributed by atoms with van der Waals surface area (Å²) in [6.45, 7) is 2.38. The van der Waals surface area contributed by atoms with Crippen LogP contribution in [0.25, 0.3) is 0 Å². The predicted octanol–water partition coefficient (Wildman–Crippen LogP) is 2.03. The molecule has 0 saturated heterocycles. The largest absolute Gasteiger partial charge is 0.497 e. The molecular formula is C14H19N3O2. The Balaban J connectivity index is 2.20. The van der Waals surface area contributed by atoms with E-state index in [1.807, 2.05) is 36.7 Å². The standard InChI is InChI=1S/C14H19N3O2/c1-10(15)13-5-4-12(18-3)6-14(13)19-8-11-7-16-9-17(11)2/h4-7,9-10H,8,15H2,1-3H3. The zero-order chi connectivity index (χ0) is 13.8. The van der Waals surface area contributed by atoms with Crippen LogP contribution >= 0.6 is 0 Å². The maximum atomic E-state index is 5.95. The highest BCUT2D eigenvalue weighted by Gasteiger charge is 2.10. The Labute approximate surface area is 113 Å². The molecule has 2 aromatic rings. The SMILES string of the molecule is COc1ccc(C(C)N)c(OCc2cncn2C)c1. The minimum Gasteiger partial charge on any atom is -0.497 e. The lowest BCUT2D eigenvalue weighted by Crippen LogP contribution is -2.09. The highest BCUT2D eigenvalue weighted by atomic mass is 16.5. The summed E-state index contributed by atoms with van der Waals surface area (Å²) in [6.07, 6.45) is 3.53. The molecule has 5 heteroatoms. The van der Waals surface area contributed by atoms with Crippen LogP contribution in [0.3, 0.4) is 0 Å². The zero-order valence-electron chi connectivity index (χ0n) is 11.5. The number of hydrogen-bond donors (Lipinski definition) is 1. The van der Waals surface area contributed by atoms with Crippen molar-refractivity contribution in [1.82, 2.24) is 9.55 Å². The molecule has 0 aliphatic carbocycles. The molecule has 0 saturated carbocycles. The lowest BCUT2D eigenvalue weighted by molar-refractivity contribution is 0.290. The van der Waals surface area contributed by atoms with E-state index in [1.165, 1.54) is 0 Å². The molecule has 0 aliphatic rings. The Bertz CT molecular complexity index is 549. The lowest BCUT2D eigenvalue weighted by atomic mass is 10.1. The third kappa shape index (κ3) is 3.06. The predicted molar refractivity (Wildman–Crippen MR) is 73.1 cm³/mol. The summed E-state index contributed by atoms with van der Waals surface area (Å²) in [6, 6.07) is 5.58. The lowest BCUT2D eigenvalue weighted by Gasteiger charge is -2.15. The molecule has 5 nitrogen and oxygen atoms in total. The molecule has 2 N–H and O–H groups in total. The molecule has 1 heterocycles. The number of nitrogens with zero attached hydrogens (tertiary/aromatic N) is 2. The minimum atomic E-state index is -0.0903. The fourth-order valence-electron chi connectivity index (χ4n) is 1.82. The zero-order valence-corrected chi connectivity index (χ0v) is 11.5. The first-order chi connectivity index (χ1) is 9.11. The van der Waals surface area contributed by atoms with Crippen molar-refractivity contribution in [1.29, 1.82) is 0 Å². The summed E-state index contributed by atoms with van der Waals surface area (Å²) in [5, 5.41) is 0. The van der Waals surface area contributed by atoms with E-state index in [1.54, 1.807) is 19.6 Å². The summed E-state index contributed by atoms with van der Waals surface area (Å²) in [4.78, 5) is 4.06. The van der Waals surface area contributed by atoms with E-state index in [4.69, 9.17) is 15.2 Å². The number of aromatic nitrogens is 2. The first-order valence-electron chi connectivity index (χ1n) is 6.13. The summed E-state index contributed by atoms with van der Waals surface area (Å²) in [7, 11) is 3.56. The summed E-state index contributed by atoms with van der Waals surface area (Å²) < 4.78 is 13.0. The van der Waals surface area contributed by atoms with Crippen LogP contribution in [0, 0.1) is 0 Å². The van der Waals surface area contributed by atoms with Gasteiger partial charge in [-0.2, -0.15) is 0 Å². The van der Waals surface area contributed by atoms with Crippen molar-refractivity contribution in [2.24, 2.45) is 12.8 Å². The van der Waals surface area contributed by atoms with E-state index in [0.29, 0.717) is 6.61 Å². The van der Waals surface area contributed by atoms with Crippen LogP contribution < -0.4 is 15.2 Å². The van der Waals surface area contributed by atoms with Crippen LogP contribution in [0.1, 0.15) is 24.2 Å². The Morgan fingerprint density at radius 2 is 2.21 bits per heavy atom. The Morgan fingerprint density at radius 3 is 2.79 bits per heavy atom. The minimum absolute atomic E-state index is 0.0903. The average molecular weight is 261 g/mol. The number of aryl methyl sites for hydroxylation is 1. The van der Waals surface area contributed by atoms with Crippen LogP contribution in [0.2, 0.25) is 0 Å². The van der Waals surface area contributed by atoms with Crippen LogP contribution in [-0.2, 0) is 13.7 Å². The van der Waals surface area contributed by atoms with Crippen LogP contribution in [-0.4, -0.2) is 16.7 Å². The molecule has 0 amide bonds. The van der Waals surface area contributed by atoms with Gasteiger partial charge in [0.1, 0.15) is 18.1 Å². The van der Waals surface area contributed by atoms with Crippen LogP contribution in [0.4, 0.5) is 0 Å². The summed E-state index contributed by atoms with van der Waals surface area (Å²) >= 11 is 0. The van der Waals surface area contributed by atoms with Gasteiger partial charge >= 0.3 is 0 Å². The van der Waals surface area contributed by atoms with Gasteiger partial charge in [0.2, 0.25) is 0 Å². The van der Waals surface area contributed by atoms with E-state index in [0.717, 1.165) is 22.8 Å².